The standard InChI is InChI=1S/ClH.FH.3Li.H/h2*1H;;;;/q;;3*+1;-1/p-2. The van der Waals surface area contributed by atoms with E-state index in [1.165, 1.54) is 0 Å². The number of halogens is 2. The van der Waals surface area contributed by atoms with Crippen molar-refractivity contribution in [2.24, 2.45) is 0 Å². The van der Waals surface area contributed by atoms with Gasteiger partial charge in [0, 0.05) is 0 Å². The van der Waals surface area contributed by atoms with Crippen LogP contribution in [0.5, 0.6) is 0 Å². The third-order valence-corrected chi connectivity index (χ3v) is 0. The summed E-state index contributed by atoms with van der Waals surface area (Å²) in [7, 11) is 0. The average Bonchev–Trinajstić information content (AvgIpc) is 0. The van der Waals surface area contributed by atoms with Gasteiger partial charge in [-0.2, -0.15) is 0 Å². The van der Waals surface area contributed by atoms with Crippen LogP contribution in [0.25, 0.3) is 0 Å². The molecule has 0 aliphatic heterocycles. The van der Waals surface area contributed by atoms with Crippen LogP contribution in [-0.4, -0.2) is 0 Å². The van der Waals surface area contributed by atoms with Crippen LogP contribution in [0.15, 0.2) is 0 Å². The van der Waals surface area contributed by atoms with E-state index in [1.807, 2.05) is 0 Å². The summed E-state index contributed by atoms with van der Waals surface area (Å²) in [6, 6.07) is 0. The molecule has 0 nitrogen and oxygen atoms in total. The molecule has 18 valence electrons. The zero-order valence-corrected chi connectivity index (χ0v) is 4.51. The van der Waals surface area contributed by atoms with Crippen LogP contribution in [0.2, 0.25) is 0 Å². The fraction of sp³-hybridized carbons (Fsp3) is 0. The maximum atomic E-state index is 0. The Morgan fingerprint density at radius 1 is 0.800 bits per heavy atom. The van der Waals surface area contributed by atoms with Crippen molar-refractivity contribution >= 4 is 0 Å². The molecule has 0 saturated heterocycles. The van der Waals surface area contributed by atoms with Crippen molar-refractivity contribution in [2.75, 3.05) is 0 Å². The van der Waals surface area contributed by atoms with Gasteiger partial charge in [0.2, 0.25) is 0 Å². The summed E-state index contributed by atoms with van der Waals surface area (Å²) in [6.45, 7) is 0. The summed E-state index contributed by atoms with van der Waals surface area (Å²) >= 11 is 0. The van der Waals surface area contributed by atoms with E-state index in [2.05, 4.69) is 0 Å². The first-order chi connectivity index (χ1) is 0. The van der Waals surface area contributed by atoms with Gasteiger partial charge in [0.05, 0.1) is 0 Å². The molecule has 5 heavy (non-hydrogen) atoms. The fourth-order valence-corrected chi connectivity index (χ4v) is 0. The summed E-state index contributed by atoms with van der Waals surface area (Å²) < 4.78 is 0. The Hall–Kier alpha value is 2.01. The van der Waals surface area contributed by atoms with Gasteiger partial charge in [-0.1, -0.05) is 0 Å². The van der Waals surface area contributed by atoms with E-state index in [4.69, 9.17) is 0 Å². The van der Waals surface area contributed by atoms with Crippen LogP contribution >= 0.6 is 0 Å². The maximum Gasteiger partial charge on any atom is 1.00 e. The first kappa shape index (κ1) is 62.6. The summed E-state index contributed by atoms with van der Waals surface area (Å²) in [5, 5.41) is 0. The first-order valence-electron chi connectivity index (χ1n) is 0. The maximum absolute atomic E-state index is 0. The Balaban J connectivity index is 0. The van der Waals surface area contributed by atoms with Gasteiger partial charge in [0.15, 0.2) is 0 Å². The van der Waals surface area contributed by atoms with Crippen molar-refractivity contribution in [1.29, 1.82) is 0 Å². The number of rotatable bonds is 0. The van der Waals surface area contributed by atoms with Crippen LogP contribution in [-0.2, 0) is 0 Å². The Bertz CT molecular complexity index is 10.8. The van der Waals surface area contributed by atoms with Crippen LogP contribution in [0.1, 0.15) is 1.43 Å². The van der Waals surface area contributed by atoms with E-state index in [0.717, 1.165) is 0 Å². The second-order valence-electron chi connectivity index (χ2n) is 0. The van der Waals surface area contributed by atoms with Gasteiger partial charge in [-0.05, 0) is 0 Å². The molecule has 0 spiro atoms. The Morgan fingerprint density at radius 3 is 0.800 bits per heavy atom. The largest absolute Gasteiger partial charge is 1.00 e. The molecule has 0 atom stereocenters. The first-order valence-corrected chi connectivity index (χ1v) is 0. The van der Waals surface area contributed by atoms with Crippen LogP contribution in [0.3, 0.4) is 0 Å². The Kier molecular flexibility index (Phi) is 467. The van der Waals surface area contributed by atoms with Crippen molar-refractivity contribution in [1.82, 2.24) is 0 Å². The van der Waals surface area contributed by atoms with Crippen molar-refractivity contribution in [3.63, 3.8) is 0 Å². The zero-order chi connectivity index (χ0) is 0. The van der Waals surface area contributed by atoms with Crippen molar-refractivity contribution in [3.05, 3.63) is 0 Å². The van der Waals surface area contributed by atoms with Gasteiger partial charge in [-0.15, -0.1) is 0 Å². The van der Waals surface area contributed by atoms with Crippen LogP contribution in [0, 0.1) is 0 Å². The van der Waals surface area contributed by atoms with Crippen molar-refractivity contribution < 1.29 is 75.1 Å². The van der Waals surface area contributed by atoms with Gasteiger partial charge in [0.25, 0.3) is 0 Å². The SMILES string of the molecule is [Cl-].[F-].[H-].[Li+].[Li+].[Li+]. The summed E-state index contributed by atoms with van der Waals surface area (Å²) in [5.41, 5.74) is 0. The second kappa shape index (κ2) is 37.3. The molecule has 0 rings (SSSR count). The minimum absolute atomic E-state index is 0. The van der Waals surface area contributed by atoms with Gasteiger partial charge in [0.1, 0.15) is 0 Å². The molecule has 0 heterocycles. The molecule has 0 aliphatic rings. The van der Waals surface area contributed by atoms with Gasteiger partial charge < -0.3 is 18.5 Å². The van der Waals surface area contributed by atoms with Crippen LogP contribution in [0.4, 0.5) is 0 Å². The molecule has 5 heteroatoms. The third-order valence-electron chi connectivity index (χ3n) is 0. The van der Waals surface area contributed by atoms with Gasteiger partial charge in [-0.25, -0.2) is 0 Å². The minimum Gasteiger partial charge on any atom is -1.00 e. The summed E-state index contributed by atoms with van der Waals surface area (Å²) in [5.74, 6) is 0. The second-order valence-corrected chi connectivity index (χ2v) is 0. The molecule has 0 aromatic carbocycles. The molecule has 0 unspecified atom stereocenters. The predicted molar refractivity (Wildman–Crippen MR) is 1.11 cm³/mol. The van der Waals surface area contributed by atoms with E-state index >= 15 is 0 Å². The number of hydrogen-bond acceptors (Lipinski definition) is 0. The topological polar surface area (TPSA) is 0 Å². The van der Waals surface area contributed by atoms with E-state index in [1.54, 1.807) is 0 Å². The van der Waals surface area contributed by atoms with E-state index < -0.39 is 0 Å². The fourth-order valence-electron chi connectivity index (χ4n) is 0. The van der Waals surface area contributed by atoms with Gasteiger partial charge in [-0.3, -0.25) is 0 Å². The van der Waals surface area contributed by atoms with Gasteiger partial charge >= 0.3 is 56.6 Å². The molecule has 0 radical (unpaired) electrons. The Morgan fingerprint density at radius 2 is 0.800 bits per heavy atom. The Labute approximate surface area is 74.6 Å². The molecule has 0 fully saturated rings. The van der Waals surface area contributed by atoms with Crippen molar-refractivity contribution in [3.8, 4) is 0 Å². The van der Waals surface area contributed by atoms with E-state index in [9.17, 15) is 0 Å². The molecule has 0 saturated carbocycles. The molecule has 0 aromatic rings. The van der Waals surface area contributed by atoms with E-state index in [-0.39, 0.29) is 75.1 Å². The summed E-state index contributed by atoms with van der Waals surface area (Å²) in [6.07, 6.45) is 0. The molecule has 0 bridgehead atoms. The molecule has 0 aromatic heterocycles. The zero-order valence-electron chi connectivity index (χ0n) is 4.76. The molecular weight excluding hydrogens is 75.3 g/mol. The monoisotopic (exact) mass is 76.0 g/mol. The molecule has 0 amide bonds. The van der Waals surface area contributed by atoms with E-state index in [0.29, 0.717) is 0 Å². The predicted octanol–water partition coefficient (Wildman–Crippen LogP) is -14.9. The minimum atomic E-state index is 0. The molecule has 0 aliphatic carbocycles. The molecule has 0 N–H and O–H groups in total. The number of hydrogen-bond donors (Lipinski definition) is 0. The summed E-state index contributed by atoms with van der Waals surface area (Å²) in [4.78, 5) is 0. The quantitative estimate of drug-likeness (QED) is 0.251. The third kappa shape index (κ3) is 23.9. The van der Waals surface area contributed by atoms with Crippen molar-refractivity contribution in [2.45, 2.75) is 0 Å². The molecular formula is HClFLi3. The smallest absolute Gasteiger partial charge is 1.00 e. The average molecular weight is 76.3 g/mol. The van der Waals surface area contributed by atoms with Crippen LogP contribution < -0.4 is 73.7 Å². The normalized spacial score (nSPS) is 0.